The van der Waals surface area contributed by atoms with Crippen molar-refractivity contribution in [3.05, 3.63) is 53.6 Å². The van der Waals surface area contributed by atoms with Crippen LogP contribution in [0.1, 0.15) is 35.2 Å². The lowest BCUT2D eigenvalue weighted by Gasteiger charge is -2.19. The number of benzene rings is 2. The molecule has 12 heteroatoms. The third-order valence-electron chi connectivity index (χ3n) is 5.96. The number of hydrogen-bond donors (Lipinski definition) is 0. The van der Waals surface area contributed by atoms with E-state index in [2.05, 4.69) is 0 Å². The van der Waals surface area contributed by atoms with Gasteiger partial charge in [-0.2, -0.15) is 13.2 Å². The third-order valence-corrected chi connectivity index (χ3v) is 8.98. The van der Waals surface area contributed by atoms with Crippen LogP contribution >= 0.6 is 0 Å². The van der Waals surface area contributed by atoms with Gasteiger partial charge in [-0.25, -0.2) is 16.8 Å². The Morgan fingerprint density at radius 1 is 1.06 bits per heavy atom. The van der Waals surface area contributed by atoms with Crippen LogP contribution in [0.3, 0.4) is 0 Å². The molecule has 1 saturated carbocycles. The van der Waals surface area contributed by atoms with Gasteiger partial charge in [0.05, 0.1) is 32.8 Å². The number of hydrogen-bond acceptors (Lipinski definition) is 6. The molecular weight excluding hydrogens is 507 g/mol. The Kier molecular flexibility index (Phi) is 6.64. The second-order valence-electron chi connectivity index (χ2n) is 8.96. The molecule has 2 aromatic rings. The molecule has 2 fully saturated rings. The van der Waals surface area contributed by atoms with Crippen LogP contribution in [0.15, 0.2) is 52.3 Å². The van der Waals surface area contributed by atoms with E-state index in [1.807, 2.05) is 0 Å². The van der Waals surface area contributed by atoms with Gasteiger partial charge in [-0.05, 0) is 61.6 Å². The first-order valence-electron chi connectivity index (χ1n) is 10.9. The minimum absolute atomic E-state index is 0.0305. The Hall–Kier alpha value is -2.60. The molecule has 7 nitrogen and oxygen atoms in total. The number of nitrogens with zero attached hydrogens (tertiary/aromatic N) is 1. The van der Waals surface area contributed by atoms with E-state index in [4.69, 9.17) is 4.74 Å². The van der Waals surface area contributed by atoms with Crippen molar-refractivity contribution >= 4 is 25.6 Å². The molecule has 1 unspecified atom stereocenters. The summed E-state index contributed by atoms with van der Waals surface area (Å²) in [6, 6.07) is 7.82. The maximum Gasteiger partial charge on any atom is 0.416 e. The molecule has 0 aromatic heterocycles. The molecule has 2 aromatic carbocycles. The predicted molar refractivity (Wildman–Crippen MR) is 121 cm³/mol. The Balaban J connectivity index is 1.49. The lowest BCUT2D eigenvalue weighted by Crippen LogP contribution is -2.31. The van der Waals surface area contributed by atoms with Gasteiger partial charge in [-0.15, -0.1) is 0 Å². The number of rotatable bonds is 7. The zero-order valence-corrected chi connectivity index (χ0v) is 20.4. The van der Waals surface area contributed by atoms with Crippen molar-refractivity contribution in [2.75, 3.05) is 25.1 Å². The van der Waals surface area contributed by atoms with Crippen molar-refractivity contribution in [2.24, 2.45) is 5.92 Å². The Bertz CT molecular complexity index is 1350. The molecular formula is C23H24F3NO6S2. The van der Waals surface area contributed by atoms with Gasteiger partial charge in [0.25, 0.3) is 5.91 Å². The molecule has 0 radical (unpaired) electrons. The van der Waals surface area contributed by atoms with Crippen LogP contribution < -0.4 is 4.74 Å². The molecule has 1 saturated heterocycles. The highest BCUT2D eigenvalue weighted by Crippen LogP contribution is 2.33. The monoisotopic (exact) mass is 531 g/mol. The molecule has 4 rings (SSSR count). The van der Waals surface area contributed by atoms with Crippen molar-refractivity contribution in [1.29, 1.82) is 0 Å². The van der Waals surface area contributed by atoms with E-state index in [0.29, 0.717) is 18.2 Å². The maximum absolute atomic E-state index is 13.1. The number of sulfone groups is 2. The van der Waals surface area contributed by atoms with Crippen LogP contribution in [-0.4, -0.2) is 58.8 Å². The first-order valence-corrected chi connectivity index (χ1v) is 14.5. The third kappa shape index (κ3) is 5.97. The lowest BCUT2D eigenvalue weighted by atomic mass is 10.1. The Morgan fingerprint density at radius 2 is 1.77 bits per heavy atom. The van der Waals surface area contributed by atoms with Gasteiger partial charge in [-0.1, -0.05) is 6.07 Å². The molecule has 0 spiro atoms. The van der Waals surface area contributed by atoms with E-state index < -0.39 is 53.9 Å². The highest BCUT2D eigenvalue weighted by Gasteiger charge is 2.35. The first-order chi connectivity index (χ1) is 16.2. The van der Waals surface area contributed by atoms with Gasteiger partial charge >= 0.3 is 6.18 Å². The Labute approximate surface area is 201 Å². The first kappa shape index (κ1) is 25.5. The van der Waals surface area contributed by atoms with Gasteiger partial charge in [0.15, 0.2) is 19.7 Å². The van der Waals surface area contributed by atoms with E-state index >= 15 is 0 Å². The summed E-state index contributed by atoms with van der Waals surface area (Å²) in [5, 5.41) is 0. The summed E-state index contributed by atoms with van der Waals surface area (Å²) in [5.74, 6) is -1.12. The van der Waals surface area contributed by atoms with Crippen LogP contribution in [0.5, 0.6) is 5.75 Å². The number of carbonyl (C=O) groups is 1. The molecule has 1 aliphatic heterocycles. The normalized spacial score (nSPS) is 19.1. The molecule has 1 atom stereocenters. The molecule has 35 heavy (non-hydrogen) atoms. The fraction of sp³-hybridized carbons (Fsp3) is 0.435. The minimum atomic E-state index is -4.67. The molecule has 0 N–H and O–H groups in total. The van der Waals surface area contributed by atoms with E-state index in [9.17, 15) is 34.8 Å². The number of ether oxygens (including phenoxy) is 1. The summed E-state index contributed by atoms with van der Waals surface area (Å²) in [5.41, 5.74) is -1.08. The smallest absolute Gasteiger partial charge is 0.416 e. The SMILES string of the molecule is CS(=O)(=O)c1cc(OC2CC2)ccc1C(=O)N1CCC(CS(=O)(=O)c2cccc(C(F)(F)F)c2)C1. The van der Waals surface area contributed by atoms with E-state index in [1.54, 1.807) is 0 Å². The number of carbonyl (C=O) groups excluding carboxylic acids is 1. The zero-order valence-electron chi connectivity index (χ0n) is 18.8. The average molecular weight is 532 g/mol. The minimum Gasteiger partial charge on any atom is -0.490 e. The summed E-state index contributed by atoms with van der Waals surface area (Å²) in [6.07, 6.45) is -1.54. The highest BCUT2D eigenvalue weighted by atomic mass is 32.2. The van der Waals surface area contributed by atoms with Gasteiger partial charge in [-0.3, -0.25) is 4.79 Å². The van der Waals surface area contributed by atoms with Crippen molar-refractivity contribution in [2.45, 2.75) is 41.3 Å². The van der Waals surface area contributed by atoms with Gasteiger partial charge in [0.1, 0.15) is 5.75 Å². The van der Waals surface area contributed by atoms with Crippen LogP contribution in [-0.2, 0) is 25.9 Å². The molecule has 190 valence electrons. The van der Waals surface area contributed by atoms with Crippen molar-refractivity contribution in [1.82, 2.24) is 4.90 Å². The second-order valence-corrected chi connectivity index (χ2v) is 13.0. The second kappa shape index (κ2) is 9.12. The molecule has 1 amide bonds. The van der Waals surface area contributed by atoms with Crippen LogP contribution in [0.4, 0.5) is 13.2 Å². The topological polar surface area (TPSA) is 97.8 Å². The molecule has 2 aliphatic rings. The predicted octanol–water partition coefficient (Wildman–Crippen LogP) is 3.59. The number of likely N-dealkylation sites (tertiary alicyclic amines) is 1. The van der Waals surface area contributed by atoms with Crippen molar-refractivity contribution < 1.29 is 39.5 Å². The van der Waals surface area contributed by atoms with Gasteiger partial charge < -0.3 is 9.64 Å². The number of halogens is 3. The standard InChI is InChI=1S/C23H24F3NO6S2/c1-34(29,30)21-12-18(33-17-5-6-17)7-8-20(21)22(28)27-10-9-15(13-27)14-35(31,32)19-4-2-3-16(11-19)23(24,25)26/h2-4,7-8,11-12,15,17H,5-6,9-10,13-14H2,1H3. The van der Waals surface area contributed by atoms with E-state index in [-0.39, 0.29) is 29.7 Å². The fourth-order valence-corrected chi connectivity index (χ4v) is 6.60. The van der Waals surface area contributed by atoms with E-state index in [0.717, 1.165) is 37.3 Å². The molecule has 1 heterocycles. The number of alkyl halides is 3. The van der Waals surface area contributed by atoms with Crippen LogP contribution in [0, 0.1) is 5.92 Å². The van der Waals surface area contributed by atoms with Gasteiger partial charge in [0, 0.05) is 19.3 Å². The average Bonchev–Trinajstić information content (AvgIpc) is 3.47. The van der Waals surface area contributed by atoms with Crippen LogP contribution in [0.2, 0.25) is 0 Å². The quantitative estimate of drug-likeness (QED) is 0.542. The highest BCUT2D eigenvalue weighted by molar-refractivity contribution is 7.91. The van der Waals surface area contributed by atoms with Crippen molar-refractivity contribution in [3.8, 4) is 5.75 Å². The Morgan fingerprint density at radius 3 is 2.40 bits per heavy atom. The summed E-state index contributed by atoms with van der Waals surface area (Å²) in [6.45, 7) is 0.242. The lowest BCUT2D eigenvalue weighted by molar-refractivity contribution is -0.137. The summed E-state index contributed by atoms with van der Waals surface area (Å²) in [7, 11) is -7.79. The maximum atomic E-state index is 13.1. The zero-order chi connectivity index (χ0) is 25.6. The molecule has 0 bridgehead atoms. The van der Waals surface area contributed by atoms with Gasteiger partial charge in [0.2, 0.25) is 0 Å². The van der Waals surface area contributed by atoms with E-state index in [1.165, 1.54) is 23.1 Å². The summed E-state index contributed by atoms with van der Waals surface area (Å²) >= 11 is 0. The van der Waals surface area contributed by atoms with Crippen molar-refractivity contribution in [3.63, 3.8) is 0 Å². The largest absolute Gasteiger partial charge is 0.490 e. The summed E-state index contributed by atoms with van der Waals surface area (Å²) in [4.78, 5) is 13.9. The summed E-state index contributed by atoms with van der Waals surface area (Å²) < 4.78 is 94.8. The number of amides is 1. The fourth-order valence-electron chi connectivity index (χ4n) is 4.03. The molecule has 1 aliphatic carbocycles. The van der Waals surface area contributed by atoms with Crippen LogP contribution in [0.25, 0.3) is 0 Å².